The largest absolute Gasteiger partial charge is 0.491 e. The van der Waals surface area contributed by atoms with Crippen LogP contribution < -0.4 is 30.3 Å². The number of aromatic nitrogens is 2. The Kier molecular flexibility index (Phi) is 8.00. The predicted octanol–water partition coefficient (Wildman–Crippen LogP) is 4.97. The lowest BCUT2D eigenvalue weighted by atomic mass is 10.1. The molecule has 0 atom stereocenters. The van der Waals surface area contributed by atoms with E-state index in [2.05, 4.69) is 49.0 Å². The zero-order valence-electron chi connectivity index (χ0n) is 21.4. The summed E-state index contributed by atoms with van der Waals surface area (Å²) in [7, 11) is 1.52. The van der Waals surface area contributed by atoms with Crippen molar-refractivity contribution in [3.63, 3.8) is 0 Å². The molecule has 1 aliphatic heterocycles. The van der Waals surface area contributed by atoms with Crippen molar-refractivity contribution in [2.45, 2.75) is 6.61 Å². The van der Waals surface area contributed by atoms with Crippen LogP contribution in [-0.2, 0) is 6.61 Å². The van der Waals surface area contributed by atoms with E-state index in [9.17, 15) is 9.65 Å². The van der Waals surface area contributed by atoms with Gasteiger partial charge in [-0.05, 0) is 42.5 Å². The molecule has 0 spiro atoms. The van der Waals surface area contributed by atoms with Gasteiger partial charge in [0.1, 0.15) is 29.8 Å². The van der Waals surface area contributed by atoms with Crippen LogP contribution in [-0.4, -0.2) is 43.3 Å². The number of nitrogens with one attached hydrogen (secondary N) is 3. The van der Waals surface area contributed by atoms with Gasteiger partial charge in [0.25, 0.3) is 0 Å². The van der Waals surface area contributed by atoms with Crippen molar-refractivity contribution in [1.29, 1.82) is 5.26 Å². The third-order valence-electron chi connectivity index (χ3n) is 6.31. The van der Waals surface area contributed by atoms with Gasteiger partial charge < -0.3 is 30.3 Å². The van der Waals surface area contributed by atoms with E-state index in [4.69, 9.17) is 9.47 Å². The average molecular weight is 526 g/mol. The van der Waals surface area contributed by atoms with Crippen molar-refractivity contribution in [3.8, 4) is 17.6 Å². The highest BCUT2D eigenvalue weighted by Gasteiger charge is 2.15. The minimum atomic E-state index is -0.366. The Bertz CT molecular complexity index is 1470. The first-order chi connectivity index (χ1) is 19.1. The second-order valence-corrected chi connectivity index (χ2v) is 8.82. The quantitative estimate of drug-likeness (QED) is 0.279. The second kappa shape index (κ2) is 12.1. The van der Waals surface area contributed by atoms with E-state index >= 15 is 0 Å². The Morgan fingerprint density at radius 1 is 1.00 bits per heavy atom. The van der Waals surface area contributed by atoms with E-state index in [1.54, 1.807) is 42.6 Å². The molecule has 198 valence electrons. The molecular formula is C29H28FN7O2. The Balaban J connectivity index is 1.33. The van der Waals surface area contributed by atoms with Crippen LogP contribution in [0.2, 0.25) is 0 Å². The molecule has 39 heavy (non-hydrogen) atoms. The maximum atomic E-state index is 14.0. The molecule has 0 aliphatic carbocycles. The summed E-state index contributed by atoms with van der Waals surface area (Å²) in [5.74, 6) is 1.08. The summed E-state index contributed by atoms with van der Waals surface area (Å²) in [6.07, 6.45) is 1.55. The molecule has 3 N–H and O–H groups in total. The monoisotopic (exact) mass is 525 g/mol. The summed E-state index contributed by atoms with van der Waals surface area (Å²) >= 11 is 0. The lowest BCUT2D eigenvalue weighted by Crippen LogP contribution is -2.43. The number of benzene rings is 3. The van der Waals surface area contributed by atoms with Gasteiger partial charge >= 0.3 is 0 Å². The molecule has 0 saturated carbocycles. The first-order valence-electron chi connectivity index (χ1n) is 12.5. The molecule has 2 heterocycles. The molecule has 0 radical (unpaired) electrons. The molecule has 0 unspecified atom stereocenters. The maximum Gasteiger partial charge on any atom is 0.229 e. The van der Waals surface area contributed by atoms with Crippen LogP contribution in [0.15, 0.2) is 72.9 Å². The molecule has 1 saturated heterocycles. The van der Waals surface area contributed by atoms with E-state index < -0.39 is 0 Å². The molecule has 1 aliphatic rings. The molecule has 0 bridgehead atoms. The highest BCUT2D eigenvalue weighted by atomic mass is 19.1. The SMILES string of the molecule is COc1cnc(Nc2ccc(N3CCNCC3)cc2)nc1Nc1cccc(OCc2ccccc2F)c1C#N. The Morgan fingerprint density at radius 2 is 1.79 bits per heavy atom. The standard InChI is InChI=1S/C29H28FN7O2/c1-38-27-18-33-29(34-21-9-11-22(12-10-21)37-15-13-32-14-16-37)36-28(27)35-25-7-4-8-26(23(25)17-31)39-19-20-5-2-3-6-24(20)30/h2-12,18,32H,13-16,19H2,1H3,(H2,33,34,35,36). The number of nitrogens with zero attached hydrogens (tertiary/aromatic N) is 4. The predicted molar refractivity (Wildman–Crippen MR) is 149 cm³/mol. The van der Waals surface area contributed by atoms with E-state index in [0.29, 0.717) is 34.5 Å². The minimum absolute atomic E-state index is 0.0108. The Labute approximate surface area is 226 Å². The second-order valence-electron chi connectivity index (χ2n) is 8.82. The van der Waals surface area contributed by atoms with Crippen molar-refractivity contribution in [2.75, 3.05) is 48.8 Å². The number of hydrogen-bond donors (Lipinski definition) is 3. The number of methoxy groups -OCH3 is 1. The van der Waals surface area contributed by atoms with Crippen LogP contribution >= 0.6 is 0 Å². The topological polar surface area (TPSA) is 107 Å². The first-order valence-corrected chi connectivity index (χ1v) is 12.5. The summed E-state index contributed by atoms with van der Waals surface area (Å²) < 4.78 is 25.3. The van der Waals surface area contributed by atoms with Crippen LogP contribution in [0.4, 0.5) is 33.2 Å². The van der Waals surface area contributed by atoms with E-state index in [-0.39, 0.29) is 18.0 Å². The Morgan fingerprint density at radius 3 is 2.54 bits per heavy atom. The summed E-state index contributed by atoms with van der Waals surface area (Å²) in [5.41, 5.74) is 3.13. The summed E-state index contributed by atoms with van der Waals surface area (Å²) in [6, 6.07) is 21.8. The van der Waals surface area contributed by atoms with Gasteiger partial charge in [-0.15, -0.1) is 0 Å². The molecule has 1 fully saturated rings. The number of rotatable bonds is 9. The molecule has 5 rings (SSSR count). The maximum absolute atomic E-state index is 14.0. The fourth-order valence-corrected chi connectivity index (χ4v) is 4.25. The van der Waals surface area contributed by atoms with Gasteiger partial charge in [0, 0.05) is 43.1 Å². The van der Waals surface area contributed by atoms with Crippen molar-refractivity contribution in [2.24, 2.45) is 0 Å². The molecule has 3 aromatic carbocycles. The van der Waals surface area contributed by atoms with Crippen molar-refractivity contribution >= 4 is 28.8 Å². The lowest BCUT2D eigenvalue weighted by molar-refractivity contribution is 0.299. The molecule has 4 aromatic rings. The van der Waals surface area contributed by atoms with Crippen molar-refractivity contribution in [3.05, 3.63) is 89.9 Å². The van der Waals surface area contributed by atoms with Gasteiger partial charge in [-0.1, -0.05) is 24.3 Å². The molecule has 1 aromatic heterocycles. The van der Waals surface area contributed by atoms with Gasteiger partial charge in [0.05, 0.1) is 19.0 Å². The highest BCUT2D eigenvalue weighted by molar-refractivity contribution is 5.72. The number of halogens is 1. The van der Waals surface area contributed by atoms with E-state index in [0.717, 1.165) is 31.9 Å². The van der Waals surface area contributed by atoms with Gasteiger partial charge in [-0.25, -0.2) is 9.37 Å². The lowest BCUT2D eigenvalue weighted by Gasteiger charge is -2.29. The van der Waals surface area contributed by atoms with Crippen LogP contribution in [0, 0.1) is 17.1 Å². The minimum Gasteiger partial charge on any atom is -0.491 e. The number of piperazine rings is 1. The third kappa shape index (κ3) is 6.17. The van der Waals surface area contributed by atoms with Gasteiger partial charge in [-0.3, -0.25) is 0 Å². The average Bonchev–Trinajstić information content (AvgIpc) is 2.98. The van der Waals surface area contributed by atoms with E-state index in [1.807, 2.05) is 12.1 Å². The van der Waals surface area contributed by atoms with Gasteiger partial charge in [-0.2, -0.15) is 10.2 Å². The number of anilines is 5. The van der Waals surface area contributed by atoms with Crippen LogP contribution in [0.25, 0.3) is 0 Å². The zero-order valence-corrected chi connectivity index (χ0v) is 21.4. The third-order valence-corrected chi connectivity index (χ3v) is 6.31. The number of hydrogen-bond acceptors (Lipinski definition) is 9. The van der Waals surface area contributed by atoms with Gasteiger partial charge in [0.15, 0.2) is 11.6 Å². The molecular weight excluding hydrogens is 497 g/mol. The van der Waals surface area contributed by atoms with Crippen LogP contribution in [0.5, 0.6) is 11.5 Å². The summed E-state index contributed by atoms with van der Waals surface area (Å²) in [4.78, 5) is 11.3. The Hall–Kier alpha value is -4.88. The highest BCUT2D eigenvalue weighted by Crippen LogP contribution is 2.32. The van der Waals surface area contributed by atoms with Crippen LogP contribution in [0.1, 0.15) is 11.1 Å². The zero-order chi connectivity index (χ0) is 27.0. The van der Waals surface area contributed by atoms with Crippen molar-refractivity contribution in [1.82, 2.24) is 15.3 Å². The van der Waals surface area contributed by atoms with Gasteiger partial charge in [0.2, 0.25) is 5.95 Å². The van der Waals surface area contributed by atoms with E-state index in [1.165, 1.54) is 18.9 Å². The molecule has 0 amide bonds. The molecule has 9 nitrogen and oxygen atoms in total. The normalized spacial score (nSPS) is 12.9. The number of nitriles is 1. The number of ether oxygens (including phenoxy) is 2. The smallest absolute Gasteiger partial charge is 0.229 e. The molecule has 10 heteroatoms. The first kappa shape index (κ1) is 25.8. The van der Waals surface area contributed by atoms with Crippen LogP contribution in [0.3, 0.4) is 0 Å². The summed E-state index contributed by atoms with van der Waals surface area (Å²) in [5, 5.41) is 19.6. The summed E-state index contributed by atoms with van der Waals surface area (Å²) in [6.45, 7) is 3.89. The van der Waals surface area contributed by atoms with Crippen molar-refractivity contribution < 1.29 is 13.9 Å². The fraction of sp³-hybridized carbons (Fsp3) is 0.207. The fourth-order valence-electron chi connectivity index (χ4n) is 4.25.